The highest BCUT2D eigenvalue weighted by molar-refractivity contribution is 14.0. The molecule has 0 bridgehead atoms. The fraction of sp³-hybridized carbons (Fsp3) is 0.632. The van der Waals surface area contributed by atoms with Crippen LogP contribution in [0.3, 0.4) is 0 Å². The minimum Gasteiger partial charge on any atom is -0.497 e. The molecule has 0 radical (unpaired) electrons. The molecule has 0 saturated carbocycles. The fourth-order valence-electron chi connectivity index (χ4n) is 2.99. The number of hydrogen-bond donors (Lipinski definition) is 1. The van der Waals surface area contributed by atoms with Crippen molar-refractivity contribution in [2.24, 2.45) is 10.9 Å². The number of methoxy groups -OCH3 is 2. The van der Waals surface area contributed by atoms with E-state index < -0.39 is 0 Å². The summed E-state index contributed by atoms with van der Waals surface area (Å²) in [7, 11) is 5.25. The van der Waals surface area contributed by atoms with Crippen LogP contribution in [-0.2, 0) is 6.42 Å². The van der Waals surface area contributed by atoms with Crippen molar-refractivity contribution in [3.05, 3.63) is 23.8 Å². The third kappa shape index (κ3) is 6.40. The molecule has 0 spiro atoms. The molecule has 0 aliphatic carbocycles. The van der Waals surface area contributed by atoms with Crippen LogP contribution in [0.2, 0.25) is 0 Å². The second kappa shape index (κ2) is 11.8. The fourth-order valence-corrected chi connectivity index (χ4v) is 4.29. The summed E-state index contributed by atoms with van der Waals surface area (Å²) in [5.74, 6) is 4.59. The molecular formula is C19H32IN3O2S. The van der Waals surface area contributed by atoms with Gasteiger partial charge in [0.15, 0.2) is 5.96 Å². The van der Waals surface area contributed by atoms with Gasteiger partial charge in [0.05, 0.1) is 14.2 Å². The van der Waals surface area contributed by atoms with E-state index >= 15 is 0 Å². The average Bonchev–Trinajstić information content (AvgIpc) is 2.65. The Labute approximate surface area is 179 Å². The summed E-state index contributed by atoms with van der Waals surface area (Å²) in [4.78, 5) is 6.86. The first-order chi connectivity index (χ1) is 12.1. The Morgan fingerprint density at radius 2 is 2.12 bits per heavy atom. The van der Waals surface area contributed by atoms with Gasteiger partial charge in [0.2, 0.25) is 0 Å². The lowest BCUT2D eigenvalue weighted by Crippen LogP contribution is -2.49. The summed E-state index contributed by atoms with van der Waals surface area (Å²) in [6.45, 7) is 7.52. The zero-order valence-electron chi connectivity index (χ0n) is 16.4. The van der Waals surface area contributed by atoms with Gasteiger partial charge in [0, 0.05) is 37.7 Å². The molecule has 7 heteroatoms. The number of benzene rings is 1. The Kier molecular flexibility index (Phi) is 10.5. The lowest BCUT2D eigenvalue weighted by molar-refractivity contribution is 0.380. The van der Waals surface area contributed by atoms with Crippen molar-refractivity contribution < 1.29 is 9.47 Å². The molecule has 1 aliphatic rings. The van der Waals surface area contributed by atoms with Crippen LogP contribution in [0.25, 0.3) is 0 Å². The summed E-state index contributed by atoms with van der Waals surface area (Å²) in [6, 6.07) is 5.92. The van der Waals surface area contributed by atoms with Crippen molar-refractivity contribution in [2.45, 2.75) is 25.5 Å². The van der Waals surface area contributed by atoms with E-state index in [0.717, 1.165) is 54.8 Å². The Hall–Kier alpha value is -0.830. The van der Waals surface area contributed by atoms with Gasteiger partial charge in [-0.25, -0.2) is 0 Å². The van der Waals surface area contributed by atoms with Crippen LogP contribution < -0.4 is 14.8 Å². The van der Waals surface area contributed by atoms with E-state index in [1.165, 1.54) is 0 Å². The van der Waals surface area contributed by atoms with Gasteiger partial charge >= 0.3 is 0 Å². The van der Waals surface area contributed by atoms with E-state index in [1.54, 1.807) is 14.2 Å². The predicted molar refractivity (Wildman–Crippen MR) is 123 cm³/mol. The zero-order valence-corrected chi connectivity index (χ0v) is 19.6. The third-order valence-corrected chi connectivity index (χ3v) is 6.05. The van der Waals surface area contributed by atoms with Gasteiger partial charge in [0.1, 0.15) is 11.5 Å². The second-order valence-electron chi connectivity index (χ2n) is 6.50. The molecule has 1 aromatic carbocycles. The van der Waals surface area contributed by atoms with E-state index in [-0.39, 0.29) is 24.0 Å². The smallest absolute Gasteiger partial charge is 0.193 e. The molecule has 0 aromatic heterocycles. The second-order valence-corrected chi connectivity index (χ2v) is 7.85. The van der Waals surface area contributed by atoms with Gasteiger partial charge in [-0.05, 0) is 36.1 Å². The number of nitrogens with zero attached hydrogens (tertiary/aromatic N) is 2. The lowest BCUT2D eigenvalue weighted by Gasteiger charge is -2.36. The average molecular weight is 493 g/mol. The summed E-state index contributed by atoms with van der Waals surface area (Å²) < 4.78 is 10.8. The van der Waals surface area contributed by atoms with Crippen LogP contribution in [0, 0.1) is 5.92 Å². The molecule has 148 valence electrons. The minimum absolute atomic E-state index is 0. The maximum absolute atomic E-state index is 5.46. The molecular weight excluding hydrogens is 461 g/mol. The van der Waals surface area contributed by atoms with Gasteiger partial charge in [-0.1, -0.05) is 13.8 Å². The summed E-state index contributed by atoms with van der Waals surface area (Å²) in [6.07, 6.45) is 0.857. The number of halogens is 1. The van der Waals surface area contributed by atoms with Gasteiger partial charge in [-0.15, -0.1) is 24.0 Å². The normalized spacial score (nSPS) is 17.7. The minimum atomic E-state index is 0. The van der Waals surface area contributed by atoms with E-state index in [2.05, 4.69) is 40.8 Å². The van der Waals surface area contributed by atoms with Crippen molar-refractivity contribution in [2.75, 3.05) is 46.7 Å². The van der Waals surface area contributed by atoms with E-state index in [0.29, 0.717) is 11.2 Å². The van der Waals surface area contributed by atoms with Crippen LogP contribution >= 0.6 is 35.7 Å². The van der Waals surface area contributed by atoms with Crippen LogP contribution in [-0.4, -0.2) is 62.8 Å². The van der Waals surface area contributed by atoms with Gasteiger partial charge in [0.25, 0.3) is 0 Å². The van der Waals surface area contributed by atoms with Gasteiger partial charge < -0.3 is 19.7 Å². The van der Waals surface area contributed by atoms with E-state index in [9.17, 15) is 0 Å². The number of ether oxygens (including phenoxy) is 2. The number of guanidine groups is 1. The molecule has 1 fully saturated rings. The molecule has 0 amide bonds. The molecule has 1 aromatic rings. The SMILES string of the molecule is CN=C(NCCc1cc(OC)ccc1OC)N1CCSC(C(C)C)C1.I. The predicted octanol–water partition coefficient (Wildman–Crippen LogP) is 3.51. The van der Waals surface area contributed by atoms with Crippen molar-refractivity contribution >= 4 is 41.7 Å². The molecule has 1 heterocycles. The lowest BCUT2D eigenvalue weighted by atomic mass is 10.1. The molecule has 26 heavy (non-hydrogen) atoms. The zero-order chi connectivity index (χ0) is 18.2. The van der Waals surface area contributed by atoms with E-state index in [1.807, 2.05) is 25.2 Å². The number of nitrogens with one attached hydrogen (secondary N) is 1. The largest absolute Gasteiger partial charge is 0.497 e. The van der Waals surface area contributed by atoms with Crippen LogP contribution in [0.5, 0.6) is 11.5 Å². The molecule has 2 rings (SSSR count). The quantitative estimate of drug-likeness (QED) is 0.374. The Morgan fingerprint density at radius 3 is 2.73 bits per heavy atom. The highest BCUT2D eigenvalue weighted by Crippen LogP contribution is 2.25. The van der Waals surface area contributed by atoms with Crippen molar-refractivity contribution in [1.82, 2.24) is 10.2 Å². The topological polar surface area (TPSA) is 46.1 Å². The first-order valence-corrected chi connectivity index (χ1v) is 9.92. The van der Waals surface area contributed by atoms with Gasteiger partial charge in [-0.2, -0.15) is 11.8 Å². The molecule has 5 nitrogen and oxygen atoms in total. The van der Waals surface area contributed by atoms with Crippen molar-refractivity contribution in [3.8, 4) is 11.5 Å². The highest BCUT2D eigenvalue weighted by atomic mass is 127. The number of aliphatic imine (C=N–C) groups is 1. The summed E-state index contributed by atoms with van der Waals surface area (Å²) >= 11 is 2.08. The summed E-state index contributed by atoms with van der Waals surface area (Å²) in [5, 5.41) is 4.18. The van der Waals surface area contributed by atoms with Crippen LogP contribution in [0.1, 0.15) is 19.4 Å². The number of hydrogen-bond acceptors (Lipinski definition) is 4. The Morgan fingerprint density at radius 1 is 1.35 bits per heavy atom. The van der Waals surface area contributed by atoms with E-state index in [4.69, 9.17) is 9.47 Å². The maximum Gasteiger partial charge on any atom is 0.193 e. The highest BCUT2D eigenvalue weighted by Gasteiger charge is 2.24. The molecule has 1 aliphatic heterocycles. The molecule has 1 N–H and O–H groups in total. The first-order valence-electron chi connectivity index (χ1n) is 8.87. The van der Waals surface area contributed by atoms with Crippen LogP contribution in [0.15, 0.2) is 23.2 Å². The monoisotopic (exact) mass is 493 g/mol. The number of rotatable bonds is 6. The molecule has 1 saturated heterocycles. The molecule has 1 atom stereocenters. The van der Waals surface area contributed by atoms with Crippen molar-refractivity contribution in [1.29, 1.82) is 0 Å². The van der Waals surface area contributed by atoms with Gasteiger partial charge in [-0.3, -0.25) is 4.99 Å². The Balaban J connectivity index is 0.00000338. The first kappa shape index (κ1) is 23.2. The third-order valence-electron chi connectivity index (χ3n) is 4.51. The van der Waals surface area contributed by atoms with Crippen LogP contribution in [0.4, 0.5) is 0 Å². The standard InChI is InChI=1S/C19H31N3O2S.HI/c1-14(2)18-13-22(10-11-25-18)19(20-3)21-9-8-15-12-16(23-4)6-7-17(15)24-5;/h6-7,12,14,18H,8-11,13H2,1-5H3,(H,20,21);1H. The molecule has 1 unspecified atom stereocenters. The summed E-state index contributed by atoms with van der Waals surface area (Å²) in [5.41, 5.74) is 1.14. The maximum atomic E-state index is 5.46. The number of thioether (sulfide) groups is 1. The Bertz CT molecular complexity index is 584. The van der Waals surface area contributed by atoms with Crippen molar-refractivity contribution in [3.63, 3.8) is 0 Å².